The van der Waals surface area contributed by atoms with E-state index in [4.69, 9.17) is 9.47 Å². The molecule has 162 valence electrons. The molecule has 0 atom stereocenters. The molecule has 0 radical (unpaired) electrons. The minimum absolute atomic E-state index is 0.124. The first-order chi connectivity index (χ1) is 15.6. The standard InChI is InChI=1S/C24H22N4O3S/c1-28-23(17-8-12-19(30-2)13-9-17)26-27-24(28)32-16-22(29)25-18-10-14-21(15-11-18)31-20-6-4-3-5-7-20/h3-15H,16H2,1-2H3,(H,25,29). The molecule has 32 heavy (non-hydrogen) atoms. The zero-order valence-electron chi connectivity index (χ0n) is 17.7. The maximum atomic E-state index is 12.4. The molecule has 0 unspecified atom stereocenters. The minimum Gasteiger partial charge on any atom is -0.497 e. The van der Waals surface area contributed by atoms with E-state index in [0.717, 1.165) is 22.9 Å². The van der Waals surface area contributed by atoms with Gasteiger partial charge < -0.3 is 19.4 Å². The number of nitrogens with zero attached hydrogens (tertiary/aromatic N) is 3. The van der Waals surface area contributed by atoms with E-state index in [-0.39, 0.29) is 11.7 Å². The highest BCUT2D eigenvalue weighted by molar-refractivity contribution is 7.99. The van der Waals surface area contributed by atoms with Crippen LogP contribution in [0.15, 0.2) is 84.0 Å². The molecule has 0 saturated heterocycles. The van der Waals surface area contributed by atoms with Crippen LogP contribution >= 0.6 is 11.8 Å². The summed E-state index contributed by atoms with van der Waals surface area (Å²) in [4.78, 5) is 12.4. The number of rotatable bonds is 8. The molecule has 0 fully saturated rings. The molecule has 1 aromatic heterocycles. The number of amides is 1. The van der Waals surface area contributed by atoms with Gasteiger partial charge in [0.2, 0.25) is 5.91 Å². The summed E-state index contributed by atoms with van der Waals surface area (Å²) >= 11 is 1.33. The zero-order valence-corrected chi connectivity index (χ0v) is 18.5. The van der Waals surface area contributed by atoms with Crippen molar-refractivity contribution >= 4 is 23.4 Å². The Morgan fingerprint density at radius 1 is 0.906 bits per heavy atom. The van der Waals surface area contributed by atoms with Gasteiger partial charge in [0.25, 0.3) is 0 Å². The molecular weight excluding hydrogens is 424 g/mol. The van der Waals surface area contributed by atoms with Crippen molar-refractivity contribution in [3.8, 4) is 28.6 Å². The summed E-state index contributed by atoms with van der Waals surface area (Å²) in [5.74, 6) is 3.07. The normalized spacial score (nSPS) is 10.6. The number of methoxy groups -OCH3 is 1. The fourth-order valence-electron chi connectivity index (χ4n) is 2.99. The van der Waals surface area contributed by atoms with Crippen LogP contribution in [0.4, 0.5) is 5.69 Å². The number of hydrogen-bond donors (Lipinski definition) is 1. The summed E-state index contributed by atoms with van der Waals surface area (Å²) in [6.07, 6.45) is 0. The number of carbonyl (C=O) groups is 1. The average Bonchev–Trinajstić information content (AvgIpc) is 3.20. The number of anilines is 1. The number of benzene rings is 3. The second-order valence-corrected chi connectivity index (χ2v) is 7.81. The first-order valence-electron chi connectivity index (χ1n) is 9.92. The summed E-state index contributed by atoms with van der Waals surface area (Å²) in [5, 5.41) is 12.0. The number of ether oxygens (including phenoxy) is 2. The molecule has 0 aliphatic rings. The summed E-state index contributed by atoms with van der Waals surface area (Å²) < 4.78 is 12.8. The van der Waals surface area contributed by atoms with Gasteiger partial charge in [-0.25, -0.2) is 0 Å². The van der Waals surface area contributed by atoms with Crippen molar-refractivity contribution in [2.24, 2.45) is 7.05 Å². The minimum atomic E-state index is -0.124. The Morgan fingerprint density at radius 3 is 2.25 bits per heavy atom. The van der Waals surface area contributed by atoms with Gasteiger partial charge in [0, 0.05) is 18.3 Å². The third-order valence-corrected chi connectivity index (χ3v) is 5.65. The lowest BCUT2D eigenvalue weighted by molar-refractivity contribution is -0.113. The Labute approximate surface area is 190 Å². The summed E-state index contributed by atoms with van der Waals surface area (Å²) in [6.45, 7) is 0. The lowest BCUT2D eigenvalue weighted by Gasteiger charge is -2.08. The molecule has 4 rings (SSSR count). The van der Waals surface area contributed by atoms with E-state index < -0.39 is 0 Å². The molecule has 8 heteroatoms. The van der Waals surface area contributed by atoms with E-state index in [1.54, 1.807) is 7.11 Å². The van der Waals surface area contributed by atoms with E-state index in [1.807, 2.05) is 90.5 Å². The number of para-hydroxylation sites is 1. The van der Waals surface area contributed by atoms with Crippen LogP contribution in [0.25, 0.3) is 11.4 Å². The van der Waals surface area contributed by atoms with Crippen molar-refractivity contribution in [2.45, 2.75) is 5.16 Å². The molecular formula is C24H22N4O3S. The van der Waals surface area contributed by atoms with E-state index in [9.17, 15) is 4.79 Å². The molecule has 0 spiro atoms. The molecule has 7 nitrogen and oxygen atoms in total. The van der Waals surface area contributed by atoms with Crippen molar-refractivity contribution in [1.82, 2.24) is 14.8 Å². The molecule has 0 aliphatic heterocycles. The fraction of sp³-hybridized carbons (Fsp3) is 0.125. The molecule has 3 aromatic carbocycles. The Balaban J connectivity index is 1.31. The molecule has 1 heterocycles. The summed E-state index contributed by atoms with van der Waals surface area (Å²) in [7, 11) is 3.51. The van der Waals surface area contributed by atoms with Crippen molar-refractivity contribution in [3.05, 3.63) is 78.9 Å². The second kappa shape index (κ2) is 10.0. The molecule has 0 aliphatic carbocycles. The first-order valence-corrected chi connectivity index (χ1v) is 10.9. The van der Waals surface area contributed by atoms with Crippen molar-refractivity contribution < 1.29 is 14.3 Å². The van der Waals surface area contributed by atoms with Gasteiger partial charge in [0.15, 0.2) is 11.0 Å². The highest BCUT2D eigenvalue weighted by Gasteiger charge is 2.13. The molecule has 4 aromatic rings. The molecule has 0 saturated carbocycles. The van der Waals surface area contributed by atoms with Crippen LogP contribution in [-0.4, -0.2) is 33.5 Å². The van der Waals surface area contributed by atoms with Gasteiger partial charge in [-0.1, -0.05) is 30.0 Å². The maximum absolute atomic E-state index is 12.4. The number of thioether (sulfide) groups is 1. The number of hydrogen-bond acceptors (Lipinski definition) is 6. The predicted molar refractivity (Wildman–Crippen MR) is 125 cm³/mol. The predicted octanol–water partition coefficient (Wildman–Crippen LogP) is 5.01. The van der Waals surface area contributed by atoms with Gasteiger partial charge in [0.05, 0.1) is 12.9 Å². The Kier molecular flexibility index (Phi) is 6.72. The maximum Gasteiger partial charge on any atom is 0.234 e. The van der Waals surface area contributed by atoms with Crippen molar-refractivity contribution in [3.63, 3.8) is 0 Å². The van der Waals surface area contributed by atoms with Crippen LogP contribution in [-0.2, 0) is 11.8 Å². The van der Waals surface area contributed by atoms with Crippen molar-refractivity contribution in [2.75, 3.05) is 18.2 Å². The topological polar surface area (TPSA) is 78.3 Å². The third kappa shape index (κ3) is 5.28. The Morgan fingerprint density at radius 2 is 1.56 bits per heavy atom. The Hall–Kier alpha value is -3.78. The van der Waals surface area contributed by atoms with Gasteiger partial charge in [0.1, 0.15) is 17.2 Å². The molecule has 0 bridgehead atoms. The second-order valence-electron chi connectivity index (χ2n) is 6.87. The van der Waals surface area contributed by atoms with Gasteiger partial charge >= 0.3 is 0 Å². The van der Waals surface area contributed by atoms with Crippen molar-refractivity contribution in [1.29, 1.82) is 0 Å². The first kappa shape index (κ1) is 21.5. The quantitative estimate of drug-likeness (QED) is 0.383. The third-order valence-electron chi connectivity index (χ3n) is 4.63. The number of carbonyl (C=O) groups excluding carboxylic acids is 1. The van der Waals surface area contributed by atoms with E-state index in [2.05, 4.69) is 15.5 Å². The summed E-state index contributed by atoms with van der Waals surface area (Å²) in [5.41, 5.74) is 1.63. The van der Waals surface area contributed by atoms with Crippen LogP contribution in [0, 0.1) is 0 Å². The van der Waals surface area contributed by atoms with Crippen LogP contribution in [0.2, 0.25) is 0 Å². The van der Waals surface area contributed by atoms with Gasteiger partial charge in [-0.3, -0.25) is 4.79 Å². The van der Waals surface area contributed by atoms with Crippen LogP contribution in [0.3, 0.4) is 0 Å². The summed E-state index contributed by atoms with van der Waals surface area (Å²) in [6, 6.07) is 24.4. The number of aromatic nitrogens is 3. The van der Waals surface area contributed by atoms with Gasteiger partial charge in [-0.15, -0.1) is 10.2 Å². The lowest BCUT2D eigenvalue weighted by Crippen LogP contribution is -2.14. The highest BCUT2D eigenvalue weighted by Crippen LogP contribution is 2.25. The fourth-order valence-corrected chi connectivity index (χ4v) is 3.70. The Bertz CT molecular complexity index is 1180. The molecule has 1 N–H and O–H groups in total. The monoisotopic (exact) mass is 446 g/mol. The van der Waals surface area contributed by atoms with E-state index >= 15 is 0 Å². The average molecular weight is 447 g/mol. The number of nitrogens with one attached hydrogen (secondary N) is 1. The van der Waals surface area contributed by atoms with Gasteiger partial charge in [-0.2, -0.15) is 0 Å². The smallest absolute Gasteiger partial charge is 0.234 e. The van der Waals surface area contributed by atoms with E-state index in [1.165, 1.54) is 11.8 Å². The highest BCUT2D eigenvalue weighted by atomic mass is 32.2. The largest absolute Gasteiger partial charge is 0.497 e. The lowest BCUT2D eigenvalue weighted by atomic mass is 10.2. The van der Waals surface area contributed by atoms with Gasteiger partial charge in [-0.05, 0) is 60.7 Å². The zero-order chi connectivity index (χ0) is 22.3. The van der Waals surface area contributed by atoms with Crippen LogP contribution < -0.4 is 14.8 Å². The van der Waals surface area contributed by atoms with Crippen LogP contribution in [0.5, 0.6) is 17.2 Å². The van der Waals surface area contributed by atoms with Crippen LogP contribution in [0.1, 0.15) is 0 Å². The SMILES string of the molecule is COc1ccc(-c2nnc(SCC(=O)Nc3ccc(Oc4ccccc4)cc3)n2C)cc1. The van der Waals surface area contributed by atoms with E-state index in [0.29, 0.717) is 16.6 Å². The molecule has 1 amide bonds.